The second-order valence-electron chi connectivity index (χ2n) is 4.91. The zero-order chi connectivity index (χ0) is 14.0. The number of aryl methyl sites for hydroxylation is 1. The van der Waals surface area contributed by atoms with E-state index in [1.807, 2.05) is 6.92 Å². The molecule has 2 heterocycles. The molecular formula is C12H18N2O4S. The number of hydrogen-bond donors (Lipinski definition) is 1. The van der Waals surface area contributed by atoms with Crippen LogP contribution in [0.15, 0.2) is 16.7 Å². The van der Waals surface area contributed by atoms with E-state index in [-0.39, 0.29) is 11.9 Å². The van der Waals surface area contributed by atoms with Crippen molar-refractivity contribution in [2.24, 2.45) is 0 Å². The molecule has 1 aromatic heterocycles. The molecule has 1 N–H and O–H groups in total. The summed E-state index contributed by atoms with van der Waals surface area (Å²) in [6.45, 7) is 2.82. The molecule has 0 bridgehead atoms. The predicted octanol–water partition coefficient (Wildman–Crippen LogP) is 0.742. The van der Waals surface area contributed by atoms with Crippen LogP contribution >= 0.6 is 0 Å². The molecule has 0 aliphatic carbocycles. The van der Waals surface area contributed by atoms with E-state index < -0.39 is 10.0 Å². The normalized spacial score (nSPS) is 20.5. The number of piperidine rings is 1. The Balaban J connectivity index is 2.05. The largest absolute Gasteiger partial charge is 0.459 e. The van der Waals surface area contributed by atoms with Gasteiger partial charge in [0.05, 0.1) is 12.5 Å². The first kappa shape index (κ1) is 14.1. The molecule has 2 rings (SSSR count). The van der Waals surface area contributed by atoms with E-state index in [1.54, 1.807) is 11.0 Å². The van der Waals surface area contributed by atoms with Crippen LogP contribution in [0.5, 0.6) is 0 Å². The first-order valence-electron chi connectivity index (χ1n) is 6.17. The van der Waals surface area contributed by atoms with Crippen LogP contribution < -0.4 is 4.72 Å². The van der Waals surface area contributed by atoms with Gasteiger partial charge in [-0.1, -0.05) is 0 Å². The molecule has 1 fully saturated rings. The zero-order valence-corrected chi connectivity index (χ0v) is 11.9. The second kappa shape index (κ2) is 5.34. The Bertz CT molecular complexity index is 564. The minimum absolute atomic E-state index is 0.178. The van der Waals surface area contributed by atoms with Crippen LogP contribution in [0.1, 0.15) is 29.0 Å². The lowest BCUT2D eigenvalue weighted by atomic mass is 10.1. The molecule has 1 saturated heterocycles. The van der Waals surface area contributed by atoms with Gasteiger partial charge in [0.25, 0.3) is 5.91 Å². The standard InChI is InChI=1S/C12H18N2O4S/c1-9-5-7-18-11(9)12(15)14-6-3-4-10(8-14)13-19(2,16)17/h5,7,10,13H,3-4,6,8H2,1-2H3. The average molecular weight is 286 g/mol. The van der Waals surface area contributed by atoms with Gasteiger partial charge in [-0.15, -0.1) is 0 Å². The van der Waals surface area contributed by atoms with Crippen molar-refractivity contribution in [3.63, 3.8) is 0 Å². The summed E-state index contributed by atoms with van der Waals surface area (Å²) >= 11 is 0. The van der Waals surface area contributed by atoms with Crippen molar-refractivity contribution in [3.8, 4) is 0 Å². The summed E-state index contributed by atoms with van der Waals surface area (Å²) in [5, 5.41) is 0. The molecule has 1 unspecified atom stereocenters. The number of amides is 1. The number of hydrogen-bond acceptors (Lipinski definition) is 4. The summed E-state index contributed by atoms with van der Waals surface area (Å²) in [6, 6.07) is 1.52. The predicted molar refractivity (Wildman–Crippen MR) is 70.4 cm³/mol. The van der Waals surface area contributed by atoms with Crippen molar-refractivity contribution in [2.45, 2.75) is 25.8 Å². The van der Waals surface area contributed by atoms with Gasteiger partial charge in [-0.3, -0.25) is 4.79 Å². The van der Waals surface area contributed by atoms with Gasteiger partial charge in [-0.25, -0.2) is 13.1 Å². The summed E-state index contributed by atoms with van der Waals surface area (Å²) in [5.41, 5.74) is 0.795. The first-order valence-corrected chi connectivity index (χ1v) is 8.06. The number of furan rings is 1. The van der Waals surface area contributed by atoms with Crippen LogP contribution in [0.4, 0.5) is 0 Å². The quantitative estimate of drug-likeness (QED) is 0.889. The monoisotopic (exact) mass is 286 g/mol. The molecule has 0 aromatic carbocycles. The molecule has 1 aliphatic rings. The SMILES string of the molecule is Cc1ccoc1C(=O)N1CCCC(NS(C)(=O)=O)C1. The molecular weight excluding hydrogens is 268 g/mol. The van der Waals surface area contributed by atoms with Crippen molar-refractivity contribution in [1.29, 1.82) is 0 Å². The highest BCUT2D eigenvalue weighted by molar-refractivity contribution is 7.88. The van der Waals surface area contributed by atoms with E-state index >= 15 is 0 Å². The topological polar surface area (TPSA) is 79.6 Å². The van der Waals surface area contributed by atoms with Crippen molar-refractivity contribution in [2.75, 3.05) is 19.3 Å². The van der Waals surface area contributed by atoms with E-state index in [1.165, 1.54) is 6.26 Å². The van der Waals surface area contributed by atoms with Gasteiger partial charge in [0, 0.05) is 24.7 Å². The lowest BCUT2D eigenvalue weighted by molar-refractivity contribution is 0.0670. The fourth-order valence-corrected chi connectivity index (χ4v) is 3.09. The van der Waals surface area contributed by atoms with Gasteiger partial charge in [-0.05, 0) is 25.8 Å². The Kier molecular flexibility index (Phi) is 3.96. The molecule has 1 atom stereocenters. The molecule has 106 valence electrons. The number of sulfonamides is 1. The van der Waals surface area contributed by atoms with Crippen molar-refractivity contribution < 1.29 is 17.6 Å². The molecule has 1 aromatic rings. The Morgan fingerprint density at radius 3 is 2.84 bits per heavy atom. The molecule has 0 saturated carbocycles. The third-order valence-electron chi connectivity index (χ3n) is 3.15. The molecule has 0 radical (unpaired) electrons. The molecule has 7 heteroatoms. The lowest BCUT2D eigenvalue weighted by Crippen LogP contribution is -2.49. The number of nitrogens with zero attached hydrogens (tertiary/aromatic N) is 1. The molecule has 1 amide bonds. The van der Waals surface area contributed by atoms with Crippen LogP contribution in [0, 0.1) is 6.92 Å². The van der Waals surface area contributed by atoms with Gasteiger partial charge < -0.3 is 9.32 Å². The molecule has 6 nitrogen and oxygen atoms in total. The minimum Gasteiger partial charge on any atom is -0.459 e. The van der Waals surface area contributed by atoms with Gasteiger partial charge in [0.1, 0.15) is 0 Å². The second-order valence-corrected chi connectivity index (χ2v) is 6.69. The minimum atomic E-state index is -3.25. The van der Waals surface area contributed by atoms with Crippen LogP contribution in [-0.4, -0.2) is 44.6 Å². The van der Waals surface area contributed by atoms with Crippen LogP contribution in [0.3, 0.4) is 0 Å². The van der Waals surface area contributed by atoms with Crippen LogP contribution in [0.25, 0.3) is 0 Å². The Labute approximate surface area is 112 Å². The van der Waals surface area contributed by atoms with Crippen LogP contribution in [-0.2, 0) is 10.0 Å². The summed E-state index contributed by atoms with van der Waals surface area (Å²) in [5.74, 6) is 0.155. The highest BCUT2D eigenvalue weighted by Gasteiger charge is 2.28. The summed E-state index contributed by atoms with van der Waals surface area (Å²) in [4.78, 5) is 13.9. The summed E-state index contributed by atoms with van der Waals surface area (Å²) in [7, 11) is -3.25. The Morgan fingerprint density at radius 2 is 2.26 bits per heavy atom. The molecule has 19 heavy (non-hydrogen) atoms. The van der Waals surface area contributed by atoms with E-state index in [4.69, 9.17) is 4.42 Å². The number of carbonyl (C=O) groups excluding carboxylic acids is 1. The Morgan fingerprint density at radius 1 is 1.53 bits per heavy atom. The zero-order valence-electron chi connectivity index (χ0n) is 11.0. The van der Waals surface area contributed by atoms with E-state index in [0.717, 1.165) is 24.7 Å². The summed E-state index contributed by atoms with van der Waals surface area (Å²) in [6.07, 6.45) is 4.13. The van der Waals surface area contributed by atoms with Gasteiger partial charge in [-0.2, -0.15) is 0 Å². The summed E-state index contributed by atoms with van der Waals surface area (Å²) < 4.78 is 30.2. The number of likely N-dealkylation sites (tertiary alicyclic amines) is 1. The van der Waals surface area contributed by atoms with E-state index in [2.05, 4.69) is 4.72 Å². The highest BCUT2D eigenvalue weighted by atomic mass is 32.2. The average Bonchev–Trinajstić information content (AvgIpc) is 2.72. The van der Waals surface area contributed by atoms with Crippen LogP contribution in [0.2, 0.25) is 0 Å². The molecule has 1 aliphatic heterocycles. The fraction of sp³-hybridized carbons (Fsp3) is 0.583. The number of nitrogens with one attached hydrogen (secondary N) is 1. The third-order valence-corrected chi connectivity index (χ3v) is 3.91. The third kappa shape index (κ3) is 3.57. The van der Waals surface area contributed by atoms with Gasteiger partial charge >= 0.3 is 0 Å². The maximum atomic E-state index is 12.2. The molecule has 0 spiro atoms. The maximum absolute atomic E-state index is 12.2. The fourth-order valence-electron chi connectivity index (χ4n) is 2.30. The Hall–Kier alpha value is -1.34. The van der Waals surface area contributed by atoms with Crippen molar-refractivity contribution in [1.82, 2.24) is 9.62 Å². The maximum Gasteiger partial charge on any atom is 0.289 e. The number of carbonyl (C=O) groups is 1. The smallest absolute Gasteiger partial charge is 0.289 e. The highest BCUT2D eigenvalue weighted by Crippen LogP contribution is 2.17. The van der Waals surface area contributed by atoms with E-state index in [9.17, 15) is 13.2 Å². The van der Waals surface area contributed by atoms with E-state index in [0.29, 0.717) is 18.8 Å². The van der Waals surface area contributed by atoms with Gasteiger partial charge in [0.2, 0.25) is 10.0 Å². The number of rotatable bonds is 3. The van der Waals surface area contributed by atoms with Gasteiger partial charge in [0.15, 0.2) is 5.76 Å². The van der Waals surface area contributed by atoms with Crippen molar-refractivity contribution >= 4 is 15.9 Å². The van der Waals surface area contributed by atoms with Crippen molar-refractivity contribution in [3.05, 3.63) is 23.7 Å². The first-order chi connectivity index (χ1) is 8.87. The lowest BCUT2D eigenvalue weighted by Gasteiger charge is -2.32.